The summed E-state index contributed by atoms with van der Waals surface area (Å²) in [7, 11) is -2.36. The molecule has 1 aromatic heterocycles. The highest BCUT2D eigenvalue weighted by molar-refractivity contribution is 7.91. The molecule has 30 heteroatoms. The van der Waals surface area contributed by atoms with Gasteiger partial charge < -0.3 is 41.5 Å². The van der Waals surface area contributed by atoms with E-state index in [-0.39, 0.29) is 101 Å². The van der Waals surface area contributed by atoms with Crippen molar-refractivity contribution >= 4 is 67.1 Å². The predicted molar refractivity (Wildman–Crippen MR) is 397 cm³/mol. The zero-order valence-corrected chi connectivity index (χ0v) is 66.5. The van der Waals surface area contributed by atoms with Crippen LogP contribution in [0.3, 0.4) is 0 Å². The summed E-state index contributed by atoms with van der Waals surface area (Å²) in [5, 5.41) is 16.7. The van der Waals surface area contributed by atoms with Gasteiger partial charge in [0, 0.05) is 172 Å². The number of hydrogen-bond donors (Lipinski definition) is 7. The van der Waals surface area contributed by atoms with Crippen LogP contribution in [0.2, 0.25) is 0 Å². The summed E-state index contributed by atoms with van der Waals surface area (Å²) in [5.74, 6) is 2.04. The van der Waals surface area contributed by atoms with E-state index in [9.17, 15) is 55.2 Å². The van der Waals surface area contributed by atoms with E-state index in [0.717, 1.165) is 72.0 Å². The van der Waals surface area contributed by atoms with Gasteiger partial charge in [0.1, 0.15) is 0 Å². The van der Waals surface area contributed by atoms with E-state index in [1.54, 1.807) is 6.20 Å². The lowest BCUT2D eigenvalue weighted by Crippen LogP contribution is -2.63. The highest BCUT2D eigenvalue weighted by Gasteiger charge is 2.39. The number of sulfonamides is 1. The van der Waals surface area contributed by atoms with Crippen molar-refractivity contribution in [3.63, 3.8) is 0 Å². The number of aromatic nitrogens is 1. The zero-order valence-electron chi connectivity index (χ0n) is 64.8. The number of ether oxygens (including phenoxy) is 1. The van der Waals surface area contributed by atoms with Gasteiger partial charge >= 0.3 is 5.97 Å². The number of esters is 1. The largest absolute Gasteiger partial charge is 0.469 e. The number of methoxy groups -OCH3 is 1. The Bertz CT molecular complexity index is 2830. The smallest absolute Gasteiger partial charge is 0.307 e. The lowest BCUT2D eigenvalue weighted by Gasteiger charge is -2.43. The fourth-order valence-corrected chi connectivity index (χ4v) is 14.0. The molecule has 0 aromatic carbocycles. The van der Waals surface area contributed by atoms with Gasteiger partial charge in [0.15, 0.2) is 15.6 Å². The minimum atomic E-state index is -2.98. The maximum Gasteiger partial charge on any atom is 0.307 e. The van der Waals surface area contributed by atoms with Gasteiger partial charge in [0.2, 0.25) is 45.5 Å². The summed E-state index contributed by atoms with van der Waals surface area (Å²) in [6.07, 6.45) is 4.90. The number of amides is 6. The van der Waals surface area contributed by atoms with Crippen molar-refractivity contribution in [1.82, 2.24) is 75.9 Å². The average molecular weight is 1460 g/mol. The van der Waals surface area contributed by atoms with Gasteiger partial charge in [0.25, 0.3) is 0 Å². The Labute approximate surface area is 601 Å². The number of sulfone groups is 1. The van der Waals surface area contributed by atoms with Gasteiger partial charge in [-0.2, -0.15) is 0 Å². The van der Waals surface area contributed by atoms with Crippen LogP contribution < -0.4 is 36.6 Å². The maximum atomic E-state index is 11.6. The second-order valence-electron chi connectivity index (χ2n) is 29.0. The van der Waals surface area contributed by atoms with E-state index in [0.29, 0.717) is 99.7 Å². The minimum Gasteiger partial charge on any atom is -0.469 e. The van der Waals surface area contributed by atoms with Crippen molar-refractivity contribution < 1.29 is 59.9 Å². The molecule has 0 bridgehead atoms. The van der Waals surface area contributed by atoms with Gasteiger partial charge in [0.05, 0.1) is 61.5 Å². The van der Waals surface area contributed by atoms with Crippen LogP contribution in [-0.4, -0.2) is 306 Å². The maximum absolute atomic E-state index is 11.6. The first-order valence-corrected chi connectivity index (χ1v) is 39.5. The molecule has 6 amide bonds. The van der Waals surface area contributed by atoms with Gasteiger partial charge in [-0.3, -0.25) is 72.7 Å². The molecule has 578 valence electrons. The molecule has 0 saturated carbocycles. The summed E-state index contributed by atoms with van der Waals surface area (Å²) >= 11 is 0. The quantitative estimate of drug-likeness (QED) is 0.165. The summed E-state index contributed by atoms with van der Waals surface area (Å²) in [6.45, 7) is 53.0. The molecule has 9 rings (SSSR count). The fourth-order valence-electron chi connectivity index (χ4n) is 11.6. The van der Waals surface area contributed by atoms with Crippen molar-refractivity contribution in [3.05, 3.63) is 30.1 Å². The first-order valence-electron chi connectivity index (χ1n) is 36.1. The predicted octanol–water partition coefficient (Wildman–Crippen LogP) is 2.15. The molecule has 8 saturated heterocycles. The molecular weight excluding hydrogens is 1320 g/mol. The highest BCUT2D eigenvalue weighted by atomic mass is 32.2. The van der Waals surface area contributed by atoms with Gasteiger partial charge in [-0.1, -0.05) is 33.8 Å². The molecule has 0 radical (unpaired) electrons. The molecule has 28 nitrogen and oxygen atoms in total. The third-order valence-corrected chi connectivity index (χ3v) is 21.3. The van der Waals surface area contributed by atoms with Crippen molar-refractivity contribution in [1.29, 1.82) is 0 Å². The first kappa shape index (κ1) is 92.7. The van der Waals surface area contributed by atoms with E-state index in [1.165, 1.54) is 12.7 Å². The Hall–Kier alpha value is -5.31. The second-order valence-corrected chi connectivity index (χ2v) is 33.2. The Balaban J connectivity index is 0.000000564. The zero-order chi connectivity index (χ0) is 76.3. The SMILES string of the molecule is CC(C)C1CC(=O)CNC1=O.CC(C)N1CCNC(=O)C1.CC(C)N1CCNC(=O)C1(C)C.CC(C)N1CCNC(=O)C1C.CC(C)N1CCNC(=O)CC1.CC(C)N1CCNS(=O)(=O)CC1.CC(C)c1cccnc1.CN1CCS(=O)(=O)CC1.COC(=O)CC1C(=O)NCCN1C(C)C. The summed E-state index contributed by atoms with van der Waals surface area (Å²) in [4.78, 5) is 108. The molecule has 8 aliphatic heterocycles. The molecule has 3 unspecified atom stereocenters. The average Bonchev–Trinajstić information content (AvgIpc) is 0.929. The number of pyridine rings is 1. The van der Waals surface area contributed by atoms with Crippen LogP contribution in [0.1, 0.15) is 162 Å². The van der Waals surface area contributed by atoms with Crippen LogP contribution >= 0.6 is 0 Å². The lowest BCUT2D eigenvalue weighted by atomic mass is 9.87. The third kappa shape index (κ3) is 36.7. The monoisotopic (exact) mass is 1460 g/mol. The van der Waals surface area contributed by atoms with Crippen LogP contribution in [0.5, 0.6) is 0 Å². The summed E-state index contributed by atoms with van der Waals surface area (Å²) in [5.41, 5.74) is 0.962. The van der Waals surface area contributed by atoms with E-state index in [4.69, 9.17) is 0 Å². The number of nitrogens with one attached hydrogen (secondary N) is 7. The Morgan fingerprint density at radius 1 is 0.580 bits per heavy atom. The number of piperazine rings is 4. The van der Waals surface area contributed by atoms with Crippen LogP contribution in [-0.2, 0) is 63.0 Å². The molecule has 9 heterocycles. The van der Waals surface area contributed by atoms with E-state index < -0.39 is 19.9 Å². The van der Waals surface area contributed by atoms with Crippen LogP contribution in [0, 0.1) is 11.8 Å². The van der Waals surface area contributed by atoms with Crippen LogP contribution in [0.25, 0.3) is 0 Å². The molecule has 8 fully saturated rings. The molecule has 0 spiro atoms. The second kappa shape index (κ2) is 47.1. The number of hydrogen-bond acceptors (Lipinski definition) is 21. The van der Waals surface area contributed by atoms with Crippen molar-refractivity contribution in [2.75, 3.05) is 149 Å². The molecule has 0 aliphatic carbocycles. The van der Waals surface area contributed by atoms with Crippen molar-refractivity contribution in [2.45, 2.75) is 211 Å². The Kier molecular flexibility index (Phi) is 43.7. The van der Waals surface area contributed by atoms with Crippen molar-refractivity contribution in [2.24, 2.45) is 11.8 Å². The summed E-state index contributed by atoms with van der Waals surface area (Å²) in [6, 6.07) is 6.36. The van der Waals surface area contributed by atoms with Crippen LogP contribution in [0.4, 0.5) is 0 Å². The number of Topliss-reactive ketones (excluding diaryl/α,β-unsaturated/α-hetero) is 1. The number of ketones is 1. The topological polar surface area (TPSA) is 334 Å². The minimum absolute atomic E-state index is 0.0274. The molecule has 8 aliphatic rings. The van der Waals surface area contributed by atoms with Gasteiger partial charge in [-0.05, 0) is 134 Å². The first-order chi connectivity index (χ1) is 46.6. The van der Waals surface area contributed by atoms with Crippen molar-refractivity contribution in [3.8, 4) is 0 Å². The fraction of sp³-hybridized carbons (Fsp3) is 0.814. The number of nitrogens with zero attached hydrogens (tertiary/aromatic N) is 8. The van der Waals surface area contributed by atoms with Gasteiger partial charge in [-0.15, -0.1) is 0 Å². The van der Waals surface area contributed by atoms with Crippen LogP contribution in [0.15, 0.2) is 24.5 Å². The third-order valence-electron chi connectivity index (χ3n) is 18.3. The molecular formula is C70H133N15O13S2. The van der Waals surface area contributed by atoms with E-state index >= 15 is 0 Å². The standard InChI is InChI=1S/C10H18N2O3.C9H18N2O.2C8H16N2O.C8H13NO2.C8H11N.C7H16N2O2S.C7H14N2O.C5H11NO2S/c1-7(2)12-5-4-11-10(14)8(12)6-9(13)15-3;1-7(2)11-6-5-10-8(12)9(11,3)4;1-6(2)10-5-4-9-8(11)7(10)3;1-7(2)10-5-3-8(11)9-4-6-10;1-5(2)7-3-6(10)4-9-8(7)11;1-7(2)8-4-3-5-9-6-8;1-7(2)9-4-3-8-12(10,11)6-5-9;1-6(2)9-4-3-8-7(10)5-9;1-6-2-4-9(7,8)5-3-6/h7-8H,4-6H2,1-3H3,(H,11,14);7H,5-6H2,1-4H3,(H,10,12);6-7H,4-5H2,1-3H3,(H,9,11);7H,3-6H2,1-2H3,(H,9,11);5,7H,3-4H2,1-2H3,(H,9,11);3-7H,1-2H3;7-8H,3-6H2,1-2H3;6H,3-5H2,1-2H3,(H,8,10);2-5H2,1H3. The molecule has 7 N–H and O–H groups in total. The molecule has 3 atom stereocenters. The number of rotatable bonds is 10. The number of carbonyl (C=O) groups excluding carboxylic acids is 8. The summed E-state index contributed by atoms with van der Waals surface area (Å²) < 4.78 is 50.9. The van der Waals surface area contributed by atoms with E-state index in [1.807, 2.05) is 77.6 Å². The Morgan fingerprint density at radius 2 is 1.10 bits per heavy atom. The molecule has 100 heavy (non-hydrogen) atoms. The van der Waals surface area contributed by atoms with Gasteiger partial charge in [-0.25, -0.2) is 21.6 Å². The highest BCUT2D eigenvalue weighted by Crippen LogP contribution is 2.21. The van der Waals surface area contributed by atoms with E-state index in [2.05, 4.69) is 160 Å². The number of piperidine rings is 1. The Morgan fingerprint density at radius 3 is 1.56 bits per heavy atom. The lowest BCUT2D eigenvalue weighted by molar-refractivity contribution is -0.146. The normalized spacial score (nSPS) is 23.1. The number of carbonyl (C=O) groups is 8. The molecule has 1 aromatic rings.